The standard InChI is InChI=1S/C20H14O3/c21-18(17-8-10-19-20(12-17)23-13-22-19)9-6-14-5-7-15-3-1-2-4-16(15)11-14/h1-12H,13H2/b9-6+. The Kier molecular flexibility index (Phi) is 3.31. The average Bonchev–Trinajstić information content (AvgIpc) is 3.07. The van der Waals surface area contributed by atoms with Gasteiger partial charge in [-0.05, 0) is 46.7 Å². The van der Waals surface area contributed by atoms with Crippen molar-refractivity contribution in [2.75, 3.05) is 6.79 Å². The number of rotatable bonds is 3. The van der Waals surface area contributed by atoms with Crippen molar-refractivity contribution in [2.45, 2.75) is 0 Å². The van der Waals surface area contributed by atoms with Crippen LogP contribution in [-0.4, -0.2) is 12.6 Å². The molecule has 0 unspecified atom stereocenters. The molecule has 23 heavy (non-hydrogen) atoms. The zero-order valence-electron chi connectivity index (χ0n) is 12.4. The van der Waals surface area contributed by atoms with Crippen molar-refractivity contribution < 1.29 is 14.3 Å². The summed E-state index contributed by atoms with van der Waals surface area (Å²) in [6, 6.07) is 19.5. The molecule has 1 aliphatic rings. The van der Waals surface area contributed by atoms with E-state index < -0.39 is 0 Å². The first-order chi connectivity index (χ1) is 11.3. The Bertz CT molecular complexity index is 925. The minimum absolute atomic E-state index is 0.0588. The van der Waals surface area contributed by atoms with Crippen LogP contribution in [0.3, 0.4) is 0 Å². The number of allylic oxidation sites excluding steroid dienone is 1. The summed E-state index contributed by atoms with van der Waals surface area (Å²) in [4.78, 5) is 12.3. The number of ether oxygens (including phenoxy) is 2. The van der Waals surface area contributed by atoms with Crippen LogP contribution in [0.4, 0.5) is 0 Å². The van der Waals surface area contributed by atoms with Crippen molar-refractivity contribution in [3.05, 3.63) is 77.9 Å². The van der Waals surface area contributed by atoms with Gasteiger partial charge in [0.15, 0.2) is 17.3 Å². The van der Waals surface area contributed by atoms with E-state index in [9.17, 15) is 4.79 Å². The summed E-state index contributed by atoms with van der Waals surface area (Å²) in [6.07, 6.45) is 3.42. The molecular weight excluding hydrogens is 288 g/mol. The number of hydrogen-bond donors (Lipinski definition) is 0. The molecule has 1 heterocycles. The highest BCUT2D eigenvalue weighted by atomic mass is 16.7. The highest BCUT2D eigenvalue weighted by Gasteiger charge is 2.14. The highest BCUT2D eigenvalue weighted by Crippen LogP contribution is 2.32. The van der Waals surface area contributed by atoms with E-state index in [4.69, 9.17) is 9.47 Å². The zero-order valence-corrected chi connectivity index (χ0v) is 12.4. The molecule has 3 aromatic carbocycles. The van der Waals surface area contributed by atoms with Crippen LogP contribution in [0.2, 0.25) is 0 Å². The van der Waals surface area contributed by atoms with E-state index in [1.165, 1.54) is 5.39 Å². The quantitative estimate of drug-likeness (QED) is 0.529. The molecule has 0 saturated carbocycles. The monoisotopic (exact) mass is 302 g/mol. The van der Waals surface area contributed by atoms with Gasteiger partial charge in [-0.2, -0.15) is 0 Å². The number of hydrogen-bond acceptors (Lipinski definition) is 3. The van der Waals surface area contributed by atoms with Gasteiger partial charge >= 0.3 is 0 Å². The van der Waals surface area contributed by atoms with Crippen LogP contribution in [-0.2, 0) is 0 Å². The lowest BCUT2D eigenvalue weighted by atomic mass is 10.1. The first kappa shape index (κ1) is 13.6. The second-order valence-electron chi connectivity index (χ2n) is 5.37. The maximum absolute atomic E-state index is 12.3. The van der Waals surface area contributed by atoms with Gasteiger partial charge in [0.1, 0.15) is 0 Å². The molecule has 0 atom stereocenters. The Morgan fingerprint density at radius 1 is 0.870 bits per heavy atom. The van der Waals surface area contributed by atoms with Crippen LogP contribution >= 0.6 is 0 Å². The second-order valence-corrected chi connectivity index (χ2v) is 5.37. The van der Waals surface area contributed by atoms with Crippen molar-refractivity contribution >= 4 is 22.6 Å². The summed E-state index contributed by atoms with van der Waals surface area (Å²) in [5, 5.41) is 2.34. The molecule has 4 rings (SSSR count). The molecule has 0 bridgehead atoms. The molecule has 0 aliphatic carbocycles. The summed E-state index contributed by atoms with van der Waals surface area (Å²) in [6.45, 7) is 0.208. The third kappa shape index (κ3) is 2.69. The van der Waals surface area contributed by atoms with Crippen LogP contribution in [0.5, 0.6) is 11.5 Å². The van der Waals surface area contributed by atoms with E-state index in [0.29, 0.717) is 17.1 Å². The second kappa shape index (κ2) is 5.61. The summed E-state index contributed by atoms with van der Waals surface area (Å²) < 4.78 is 10.6. The maximum Gasteiger partial charge on any atom is 0.231 e. The third-order valence-electron chi connectivity index (χ3n) is 3.86. The Hall–Kier alpha value is -3.07. The number of carbonyl (C=O) groups excluding carboxylic acids is 1. The number of ketones is 1. The van der Waals surface area contributed by atoms with Crippen LogP contribution < -0.4 is 9.47 Å². The summed E-state index contributed by atoms with van der Waals surface area (Å²) in [5.41, 5.74) is 1.59. The topological polar surface area (TPSA) is 35.5 Å². The first-order valence-corrected chi connectivity index (χ1v) is 7.40. The van der Waals surface area contributed by atoms with Gasteiger partial charge in [-0.25, -0.2) is 0 Å². The molecule has 0 fully saturated rings. The van der Waals surface area contributed by atoms with Gasteiger partial charge in [0, 0.05) is 5.56 Å². The molecule has 0 amide bonds. The van der Waals surface area contributed by atoms with Gasteiger partial charge in [-0.1, -0.05) is 42.5 Å². The fourth-order valence-corrected chi connectivity index (χ4v) is 2.63. The predicted molar refractivity (Wildman–Crippen MR) is 89.9 cm³/mol. The molecule has 0 N–H and O–H groups in total. The number of fused-ring (bicyclic) bond motifs is 2. The number of carbonyl (C=O) groups is 1. The molecule has 0 aromatic heterocycles. The van der Waals surface area contributed by atoms with Gasteiger partial charge in [0.05, 0.1) is 0 Å². The van der Waals surface area contributed by atoms with Crippen molar-refractivity contribution in [1.82, 2.24) is 0 Å². The average molecular weight is 302 g/mol. The van der Waals surface area contributed by atoms with Crippen LogP contribution in [0.1, 0.15) is 15.9 Å². The lowest BCUT2D eigenvalue weighted by Gasteiger charge is -2.00. The predicted octanol–water partition coefficient (Wildman–Crippen LogP) is 4.46. The fourth-order valence-electron chi connectivity index (χ4n) is 2.63. The van der Waals surface area contributed by atoms with Gasteiger partial charge in [-0.3, -0.25) is 4.79 Å². The van der Waals surface area contributed by atoms with Crippen molar-refractivity contribution in [3.8, 4) is 11.5 Å². The van der Waals surface area contributed by atoms with Gasteiger partial charge in [0.25, 0.3) is 0 Å². The molecular formula is C20H14O3. The van der Waals surface area contributed by atoms with E-state index in [2.05, 4.69) is 24.3 Å². The van der Waals surface area contributed by atoms with Crippen molar-refractivity contribution in [3.63, 3.8) is 0 Å². The maximum atomic E-state index is 12.3. The van der Waals surface area contributed by atoms with E-state index in [-0.39, 0.29) is 12.6 Å². The van der Waals surface area contributed by atoms with Crippen LogP contribution in [0, 0.1) is 0 Å². The third-order valence-corrected chi connectivity index (χ3v) is 3.86. The van der Waals surface area contributed by atoms with Crippen LogP contribution in [0.25, 0.3) is 16.8 Å². The number of benzene rings is 3. The zero-order chi connectivity index (χ0) is 15.6. The minimum atomic E-state index is -0.0588. The first-order valence-electron chi connectivity index (χ1n) is 7.40. The van der Waals surface area contributed by atoms with Crippen molar-refractivity contribution in [2.24, 2.45) is 0 Å². The van der Waals surface area contributed by atoms with E-state index >= 15 is 0 Å². The Morgan fingerprint density at radius 3 is 2.61 bits per heavy atom. The molecule has 112 valence electrons. The molecule has 3 nitrogen and oxygen atoms in total. The lowest BCUT2D eigenvalue weighted by Crippen LogP contribution is -1.94. The summed E-state index contributed by atoms with van der Waals surface area (Å²) in [5.74, 6) is 1.24. The molecule has 3 heteroatoms. The Morgan fingerprint density at radius 2 is 1.70 bits per heavy atom. The van der Waals surface area contributed by atoms with Gasteiger partial charge < -0.3 is 9.47 Å². The minimum Gasteiger partial charge on any atom is -0.454 e. The molecule has 0 spiro atoms. The molecule has 3 aromatic rings. The van der Waals surface area contributed by atoms with E-state index in [1.807, 2.05) is 24.3 Å². The Labute approximate surface area is 133 Å². The van der Waals surface area contributed by atoms with E-state index in [0.717, 1.165) is 10.9 Å². The largest absolute Gasteiger partial charge is 0.454 e. The summed E-state index contributed by atoms with van der Waals surface area (Å²) in [7, 11) is 0. The highest BCUT2D eigenvalue weighted by molar-refractivity contribution is 6.07. The molecule has 0 saturated heterocycles. The molecule has 0 radical (unpaired) electrons. The SMILES string of the molecule is O=C(/C=C/c1ccc2ccccc2c1)c1ccc2c(c1)OCO2. The van der Waals surface area contributed by atoms with Crippen molar-refractivity contribution in [1.29, 1.82) is 0 Å². The smallest absolute Gasteiger partial charge is 0.231 e. The van der Waals surface area contributed by atoms with Crippen LogP contribution in [0.15, 0.2) is 66.7 Å². The fraction of sp³-hybridized carbons (Fsp3) is 0.0500. The normalized spacial score (nSPS) is 12.9. The van der Waals surface area contributed by atoms with Gasteiger partial charge in [-0.15, -0.1) is 0 Å². The van der Waals surface area contributed by atoms with Gasteiger partial charge in [0.2, 0.25) is 6.79 Å². The van der Waals surface area contributed by atoms with E-state index in [1.54, 1.807) is 24.3 Å². The molecule has 1 aliphatic heterocycles. The Balaban J connectivity index is 1.58. The lowest BCUT2D eigenvalue weighted by molar-refractivity contribution is 0.104. The summed E-state index contributed by atoms with van der Waals surface area (Å²) >= 11 is 0.